The molecular formula is C12H9Cl3N2. The Balaban J connectivity index is 2.60. The van der Waals surface area contributed by atoms with Gasteiger partial charge in [-0.1, -0.05) is 34.8 Å². The first-order valence-corrected chi connectivity index (χ1v) is 5.99. The van der Waals surface area contributed by atoms with Crippen molar-refractivity contribution in [1.29, 1.82) is 0 Å². The van der Waals surface area contributed by atoms with E-state index in [1.807, 2.05) is 13.0 Å². The highest BCUT2D eigenvalue weighted by atomic mass is 35.5. The lowest BCUT2D eigenvalue weighted by atomic mass is 10.1. The summed E-state index contributed by atoms with van der Waals surface area (Å²) in [5.41, 5.74) is 8.76. The number of hydrogen-bond acceptors (Lipinski definition) is 2. The summed E-state index contributed by atoms with van der Waals surface area (Å²) in [5, 5.41) is 1.38. The second-order valence-corrected chi connectivity index (χ2v) is 4.89. The number of nitrogen functional groups attached to an aromatic ring is 1. The van der Waals surface area contributed by atoms with Crippen molar-refractivity contribution >= 4 is 40.5 Å². The molecule has 17 heavy (non-hydrogen) atoms. The minimum Gasteiger partial charge on any atom is -0.397 e. The second-order valence-electron chi connectivity index (χ2n) is 3.67. The van der Waals surface area contributed by atoms with Crippen molar-refractivity contribution in [2.45, 2.75) is 6.92 Å². The number of nitrogens with zero attached hydrogens (tertiary/aromatic N) is 1. The van der Waals surface area contributed by atoms with Gasteiger partial charge in [-0.2, -0.15) is 0 Å². The van der Waals surface area contributed by atoms with Crippen molar-refractivity contribution in [3.8, 4) is 11.3 Å². The van der Waals surface area contributed by atoms with E-state index in [1.54, 1.807) is 18.3 Å². The molecule has 0 bridgehead atoms. The molecule has 2 aromatic rings. The smallest absolute Gasteiger partial charge is 0.0721 e. The fourth-order valence-corrected chi connectivity index (χ4v) is 2.08. The third-order valence-electron chi connectivity index (χ3n) is 2.44. The summed E-state index contributed by atoms with van der Waals surface area (Å²) in [4.78, 5) is 4.23. The standard InChI is InChI=1S/C12H9Cl3N2/c1-6-2-12(17-5-11(6)16)7-3-9(14)10(15)4-8(7)13/h2-5H,16H2,1H3. The predicted molar refractivity (Wildman–Crippen MR) is 73.9 cm³/mol. The summed E-state index contributed by atoms with van der Waals surface area (Å²) in [6, 6.07) is 5.17. The molecule has 5 heteroatoms. The Morgan fingerprint density at radius 1 is 1.00 bits per heavy atom. The molecule has 0 fully saturated rings. The maximum Gasteiger partial charge on any atom is 0.0721 e. The molecule has 2 rings (SSSR count). The minimum absolute atomic E-state index is 0.424. The number of hydrogen-bond donors (Lipinski definition) is 1. The van der Waals surface area contributed by atoms with Crippen LogP contribution in [-0.4, -0.2) is 4.98 Å². The van der Waals surface area contributed by atoms with Crippen LogP contribution in [0.25, 0.3) is 11.3 Å². The molecule has 1 aromatic heterocycles. The molecule has 2 N–H and O–H groups in total. The van der Waals surface area contributed by atoms with Crippen LogP contribution in [0.2, 0.25) is 15.1 Å². The van der Waals surface area contributed by atoms with Gasteiger partial charge in [-0.3, -0.25) is 4.98 Å². The number of rotatable bonds is 1. The zero-order valence-electron chi connectivity index (χ0n) is 8.97. The summed E-state index contributed by atoms with van der Waals surface area (Å²) < 4.78 is 0. The van der Waals surface area contributed by atoms with E-state index in [-0.39, 0.29) is 0 Å². The SMILES string of the molecule is Cc1cc(-c2cc(Cl)c(Cl)cc2Cl)ncc1N. The van der Waals surface area contributed by atoms with E-state index in [2.05, 4.69) is 4.98 Å². The zero-order valence-corrected chi connectivity index (χ0v) is 11.2. The molecule has 0 unspecified atom stereocenters. The highest BCUT2D eigenvalue weighted by Gasteiger charge is 2.10. The maximum absolute atomic E-state index is 6.11. The van der Waals surface area contributed by atoms with E-state index in [9.17, 15) is 0 Å². The third-order valence-corrected chi connectivity index (χ3v) is 3.47. The fourth-order valence-electron chi connectivity index (χ4n) is 1.43. The lowest BCUT2D eigenvalue weighted by Crippen LogP contribution is -1.93. The average Bonchev–Trinajstić information content (AvgIpc) is 2.27. The van der Waals surface area contributed by atoms with Crippen LogP contribution in [0.5, 0.6) is 0 Å². The molecule has 0 saturated heterocycles. The quantitative estimate of drug-likeness (QED) is 0.779. The molecular weight excluding hydrogens is 279 g/mol. The summed E-state index contributed by atoms with van der Waals surface area (Å²) in [6.07, 6.45) is 1.60. The van der Waals surface area contributed by atoms with Crippen LogP contribution >= 0.6 is 34.8 Å². The first-order chi connectivity index (χ1) is 7.99. The van der Waals surface area contributed by atoms with Crippen LogP contribution in [0.4, 0.5) is 5.69 Å². The number of halogens is 3. The lowest BCUT2D eigenvalue weighted by Gasteiger charge is -2.08. The van der Waals surface area contributed by atoms with E-state index in [4.69, 9.17) is 40.5 Å². The average molecular weight is 288 g/mol. The van der Waals surface area contributed by atoms with Gasteiger partial charge in [0, 0.05) is 5.56 Å². The van der Waals surface area contributed by atoms with Crippen LogP contribution in [0.1, 0.15) is 5.56 Å². The van der Waals surface area contributed by atoms with Gasteiger partial charge in [-0.15, -0.1) is 0 Å². The number of anilines is 1. The van der Waals surface area contributed by atoms with Gasteiger partial charge in [0.1, 0.15) is 0 Å². The second kappa shape index (κ2) is 4.73. The largest absolute Gasteiger partial charge is 0.397 e. The molecule has 88 valence electrons. The Bertz CT molecular complexity index is 582. The molecule has 1 heterocycles. The van der Waals surface area contributed by atoms with E-state index in [1.165, 1.54) is 0 Å². The van der Waals surface area contributed by atoms with Gasteiger partial charge in [0.25, 0.3) is 0 Å². The predicted octanol–water partition coefficient (Wildman–Crippen LogP) is 4.60. The molecule has 0 saturated carbocycles. The van der Waals surface area contributed by atoms with Gasteiger partial charge in [-0.25, -0.2) is 0 Å². The van der Waals surface area contributed by atoms with Crippen LogP contribution in [0, 0.1) is 6.92 Å². The monoisotopic (exact) mass is 286 g/mol. The van der Waals surface area contributed by atoms with Crippen molar-refractivity contribution in [3.63, 3.8) is 0 Å². The Morgan fingerprint density at radius 3 is 2.29 bits per heavy atom. The highest BCUT2D eigenvalue weighted by Crippen LogP contribution is 2.34. The molecule has 0 atom stereocenters. The molecule has 0 aliphatic rings. The summed E-state index contributed by atoms with van der Waals surface area (Å²) in [5.74, 6) is 0. The lowest BCUT2D eigenvalue weighted by molar-refractivity contribution is 1.29. The van der Waals surface area contributed by atoms with Gasteiger partial charge in [0.15, 0.2) is 0 Å². The number of aryl methyl sites for hydroxylation is 1. The van der Waals surface area contributed by atoms with E-state index in [0.717, 1.165) is 16.8 Å². The molecule has 0 radical (unpaired) electrons. The van der Waals surface area contributed by atoms with Crippen molar-refractivity contribution < 1.29 is 0 Å². The van der Waals surface area contributed by atoms with Crippen molar-refractivity contribution in [3.05, 3.63) is 45.0 Å². The summed E-state index contributed by atoms with van der Waals surface area (Å²) >= 11 is 18.0. The van der Waals surface area contributed by atoms with Crippen molar-refractivity contribution in [1.82, 2.24) is 4.98 Å². The molecule has 2 nitrogen and oxygen atoms in total. The molecule has 0 aliphatic carbocycles. The fraction of sp³-hybridized carbons (Fsp3) is 0.0833. The maximum atomic E-state index is 6.11. The first kappa shape index (κ1) is 12.5. The van der Waals surface area contributed by atoms with Crippen LogP contribution in [0.3, 0.4) is 0 Å². The van der Waals surface area contributed by atoms with Gasteiger partial charge in [-0.05, 0) is 30.7 Å². The molecule has 0 spiro atoms. The number of aromatic nitrogens is 1. The highest BCUT2D eigenvalue weighted by molar-refractivity contribution is 6.44. The van der Waals surface area contributed by atoms with Crippen LogP contribution in [-0.2, 0) is 0 Å². The van der Waals surface area contributed by atoms with Crippen molar-refractivity contribution in [2.75, 3.05) is 5.73 Å². The Hall–Kier alpha value is -0.960. The van der Waals surface area contributed by atoms with Gasteiger partial charge >= 0.3 is 0 Å². The Labute approximate surface area is 114 Å². The van der Waals surface area contributed by atoms with Crippen LogP contribution < -0.4 is 5.73 Å². The number of benzene rings is 1. The number of pyridine rings is 1. The normalized spacial score (nSPS) is 10.6. The summed E-state index contributed by atoms with van der Waals surface area (Å²) in [6.45, 7) is 1.91. The topological polar surface area (TPSA) is 38.9 Å². The molecule has 1 aromatic carbocycles. The minimum atomic E-state index is 0.424. The summed E-state index contributed by atoms with van der Waals surface area (Å²) in [7, 11) is 0. The van der Waals surface area contributed by atoms with Gasteiger partial charge in [0.05, 0.1) is 32.6 Å². The Morgan fingerprint density at radius 2 is 1.65 bits per heavy atom. The van der Waals surface area contributed by atoms with Crippen molar-refractivity contribution in [2.24, 2.45) is 0 Å². The number of nitrogens with two attached hydrogens (primary N) is 1. The zero-order chi connectivity index (χ0) is 12.6. The third kappa shape index (κ3) is 2.49. The van der Waals surface area contributed by atoms with Crippen LogP contribution in [0.15, 0.2) is 24.4 Å². The first-order valence-electron chi connectivity index (χ1n) is 4.86. The van der Waals surface area contributed by atoms with E-state index in [0.29, 0.717) is 20.8 Å². The molecule has 0 aliphatic heterocycles. The van der Waals surface area contributed by atoms with E-state index >= 15 is 0 Å². The Kier molecular flexibility index (Phi) is 3.48. The van der Waals surface area contributed by atoms with Gasteiger partial charge in [0.2, 0.25) is 0 Å². The molecule has 0 amide bonds. The van der Waals surface area contributed by atoms with E-state index < -0.39 is 0 Å². The van der Waals surface area contributed by atoms with Gasteiger partial charge < -0.3 is 5.73 Å².